The fraction of sp³-hybridized carbons (Fsp3) is 0.455. The molecule has 1 atom stereocenters. The van der Waals surface area contributed by atoms with Gasteiger partial charge >= 0.3 is 0 Å². The van der Waals surface area contributed by atoms with E-state index in [1.54, 1.807) is 16.8 Å². The van der Waals surface area contributed by atoms with E-state index in [0.717, 1.165) is 42.9 Å². The molecule has 3 aromatic heterocycles. The molecule has 32 heavy (non-hydrogen) atoms. The molecule has 0 aromatic carbocycles. The zero-order chi connectivity index (χ0) is 22.7. The van der Waals surface area contributed by atoms with Crippen LogP contribution in [0, 0.1) is 6.92 Å². The van der Waals surface area contributed by atoms with Crippen LogP contribution in [0.5, 0.6) is 0 Å². The molecule has 0 aliphatic carbocycles. The first-order valence-corrected chi connectivity index (χ1v) is 14.1. The van der Waals surface area contributed by atoms with Crippen molar-refractivity contribution in [2.45, 2.75) is 57.0 Å². The lowest BCUT2D eigenvalue weighted by molar-refractivity contribution is -0.132. The highest BCUT2D eigenvalue weighted by atomic mass is 32.2. The predicted octanol–water partition coefficient (Wildman–Crippen LogP) is 4.42. The van der Waals surface area contributed by atoms with E-state index in [9.17, 15) is 13.2 Å². The minimum absolute atomic E-state index is 0.0109. The van der Waals surface area contributed by atoms with Crippen LogP contribution in [0.1, 0.15) is 49.2 Å². The van der Waals surface area contributed by atoms with Crippen molar-refractivity contribution in [2.75, 3.05) is 13.1 Å². The van der Waals surface area contributed by atoms with Crippen LogP contribution in [0.15, 0.2) is 40.1 Å². The summed E-state index contributed by atoms with van der Waals surface area (Å²) in [6.45, 7) is 5.48. The molecule has 1 amide bonds. The van der Waals surface area contributed by atoms with Crippen molar-refractivity contribution >= 4 is 38.6 Å². The number of hydrogen-bond acceptors (Lipinski definition) is 6. The Kier molecular flexibility index (Phi) is 7.14. The van der Waals surface area contributed by atoms with Gasteiger partial charge in [0.25, 0.3) is 0 Å². The fourth-order valence-corrected chi connectivity index (χ4v) is 6.99. The van der Waals surface area contributed by atoms with Gasteiger partial charge in [-0.05, 0) is 50.1 Å². The second-order valence-electron chi connectivity index (χ2n) is 8.02. The maximum Gasteiger partial charge on any atom is 0.242 e. The molecule has 172 valence electrons. The number of carbonyl (C=O) groups is 1. The first-order valence-electron chi connectivity index (χ1n) is 10.8. The summed E-state index contributed by atoms with van der Waals surface area (Å²) in [7, 11) is -3.77. The fourth-order valence-electron chi connectivity index (χ4n) is 3.89. The van der Waals surface area contributed by atoms with Gasteiger partial charge in [-0.2, -0.15) is 0 Å². The molecule has 7 nitrogen and oxygen atoms in total. The van der Waals surface area contributed by atoms with Crippen molar-refractivity contribution in [1.29, 1.82) is 0 Å². The van der Waals surface area contributed by atoms with E-state index in [0.29, 0.717) is 17.1 Å². The van der Waals surface area contributed by atoms with Crippen LogP contribution in [0.4, 0.5) is 0 Å². The first kappa shape index (κ1) is 23.2. The average molecular weight is 493 g/mol. The van der Waals surface area contributed by atoms with Crippen LogP contribution in [-0.2, 0) is 21.4 Å². The normalized spacial score (nSPS) is 15.8. The number of rotatable bonds is 8. The number of sulfonamides is 1. The third-order valence-electron chi connectivity index (χ3n) is 5.63. The predicted molar refractivity (Wildman–Crippen MR) is 128 cm³/mol. The van der Waals surface area contributed by atoms with Gasteiger partial charge in [-0.3, -0.25) is 4.79 Å². The molecule has 0 unspecified atom stereocenters. The van der Waals surface area contributed by atoms with Crippen LogP contribution in [0.3, 0.4) is 0 Å². The Hall–Kier alpha value is -2.01. The van der Waals surface area contributed by atoms with E-state index in [2.05, 4.69) is 9.71 Å². The molecule has 1 saturated heterocycles. The van der Waals surface area contributed by atoms with Crippen LogP contribution >= 0.6 is 22.7 Å². The molecule has 0 saturated carbocycles. The number of carbonyl (C=O) groups excluding carboxylic acids is 1. The number of aromatic nitrogens is 2. The van der Waals surface area contributed by atoms with Gasteiger partial charge in [-0.25, -0.2) is 18.1 Å². The van der Waals surface area contributed by atoms with E-state index in [-0.39, 0.29) is 23.4 Å². The third-order valence-corrected chi connectivity index (χ3v) is 9.03. The van der Waals surface area contributed by atoms with E-state index < -0.39 is 10.0 Å². The van der Waals surface area contributed by atoms with Gasteiger partial charge in [-0.15, -0.1) is 22.7 Å². The maximum atomic E-state index is 13.3. The van der Waals surface area contributed by atoms with E-state index in [1.165, 1.54) is 22.7 Å². The highest BCUT2D eigenvalue weighted by Gasteiger charge is 2.26. The lowest BCUT2D eigenvalue weighted by Crippen LogP contribution is -2.37. The molecule has 0 bridgehead atoms. The molecule has 3 aromatic rings. The molecule has 0 spiro atoms. The number of amides is 1. The van der Waals surface area contributed by atoms with Crippen molar-refractivity contribution in [1.82, 2.24) is 19.2 Å². The minimum Gasteiger partial charge on any atom is -0.341 e. The third kappa shape index (κ3) is 5.14. The van der Waals surface area contributed by atoms with Gasteiger partial charge < -0.3 is 9.47 Å². The van der Waals surface area contributed by atoms with Gasteiger partial charge in [0.15, 0.2) is 0 Å². The summed E-state index contributed by atoms with van der Waals surface area (Å²) in [6, 6.07) is 5.20. The van der Waals surface area contributed by atoms with Crippen LogP contribution in [0.25, 0.3) is 10.7 Å². The van der Waals surface area contributed by atoms with Crippen molar-refractivity contribution in [3.63, 3.8) is 0 Å². The minimum atomic E-state index is -3.77. The van der Waals surface area contributed by atoms with E-state index in [1.807, 2.05) is 41.6 Å². The molecule has 4 rings (SSSR count). The molecule has 1 aliphatic heterocycles. The number of nitrogens with one attached hydrogen (secondary N) is 1. The van der Waals surface area contributed by atoms with Gasteiger partial charge in [0.1, 0.15) is 16.4 Å². The SMILES string of the molecule is CC[C@@H](NS(=O)(=O)c1cc(-c2nc(C)cs2)n(CC(=O)N2CCCCC2)c1)c1cccs1. The van der Waals surface area contributed by atoms with Crippen LogP contribution in [-0.4, -0.2) is 41.9 Å². The Bertz CT molecular complexity index is 1160. The summed E-state index contributed by atoms with van der Waals surface area (Å²) < 4.78 is 31.1. The summed E-state index contributed by atoms with van der Waals surface area (Å²) in [6.07, 6.45) is 5.39. The monoisotopic (exact) mass is 492 g/mol. The molecule has 10 heteroatoms. The molecular formula is C22H28N4O3S3. The zero-order valence-corrected chi connectivity index (χ0v) is 20.7. The summed E-state index contributed by atoms with van der Waals surface area (Å²) in [5.74, 6) is 0.0109. The Labute approximate surface area is 197 Å². The van der Waals surface area contributed by atoms with Crippen molar-refractivity contribution in [2.24, 2.45) is 0 Å². The quantitative estimate of drug-likeness (QED) is 0.504. The highest BCUT2D eigenvalue weighted by molar-refractivity contribution is 7.89. The summed E-state index contributed by atoms with van der Waals surface area (Å²) >= 11 is 2.98. The number of aryl methyl sites for hydroxylation is 1. The summed E-state index contributed by atoms with van der Waals surface area (Å²) in [4.78, 5) is 20.5. The van der Waals surface area contributed by atoms with Crippen molar-refractivity contribution in [3.8, 4) is 10.7 Å². The van der Waals surface area contributed by atoms with Gasteiger partial charge in [0, 0.05) is 35.2 Å². The Balaban J connectivity index is 1.64. The van der Waals surface area contributed by atoms with E-state index in [4.69, 9.17) is 0 Å². The zero-order valence-electron chi connectivity index (χ0n) is 18.3. The van der Waals surface area contributed by atoms with E-state index >= 15 is 0 Å². The largest absolute Gasteiger partial charge is 0.341 e. The van der Waals surface area contributed by atoms with Gasteiger partial charge in [-0.1, -0.05) is 13.0 Å². The summed E-state index contributed by atoms with van der Waals surface area (Å²) in [5, 5.41) is 4.58. The topological polar surface area (TPSA) is 84.3 Å². The molecule has 0 radical (unpaired) electrons. The molecule has 1 fully saturated rings. The first-order chi connectivity index (χ1) is 15.4. The lowest BCUT2D eigenvalue weighted by atomic mass is 10.1. The average Bonchev–Trinajstić information content (AvgIpc) is 3.54. The molecule has 4 heterocycles. The number of hydrogen-bond donors (Lipinski definition) is 1. The number of thiazole rings is 1. The highest BCUT2D eigenvalue weighted by Crippen LogP contribution is 2.30. The van der Waals surface area contributed by atoms with Gasteiger partial charge in [0.05, 0.1) is 11.7 Å². The molecule has 1 aliphatic rings. The van der Waals surface area contributed by atoms with Crippen molar-refractivity contribution in [3.05, 3.63) is 45.7 Å². The molecular weight excluding hydrogens is 464 g/mol. The second kappa shape index (κ2) is 9.86. The summed E-state index contributed by atoms with van der Waals surface area (Å²) in [5.41, 5.74) is 1.52. The number of likely N-dealkylation sites (tertiary alicyclic amines) is 1. The molecule has 1 N–H and O–H groups in total. The Morgan fingerprint density at radius 2 is 2.03 bits per heavy atom. The number of thiophene rings is 1. The Morgan fingerprint density at radius 3 is 2.66 bits per heavy atom. The van der Waals surface area contributed by atoms with Gasteiger partial charge in [0.2, 0.25) is 15.9 Å². The van der Waals surface area contributed by atoms with Crippen LogP contribution in [0.2, 0.25) is 0 Å². The standard InChI is InChI=1S/C22H28N4O3S3/c1-3-18(20-8-7-11-30-20)24-32(28,29)17-12-19(22-23-16(2)15-31-22)26(13-17)14-21(27)25-9-5-4-6-10-25/h7-8,11-13,15,18,24H,3-6,9-10,14H2,1-2H3/t18-/m1/s1. The number of piperidine rings is 1. The smallest absolute Gasteiger partial charge is 0.242 e. The Morgan fingerprint density at radius 1 is 1.25 bits per heavy atom. The van der Waals surface area contributed by atoms with Crippen molar-refractivity contribution < 1.29 is 13.2 Å². The number of nitrogens with zero attached hydrogens (tertiary/aromatic N) is 3. The lowest BCUT2D eigenvalue weighted by Gasteiger charge is -2.27. The maximum absolute atomic E-state index is 13.3. The van der Waals surface area contributed by atoms with Crippen LogP contribution < -0.4 is 4.72 Å². The second-order valence-corrected chi connectivity index (χ2v) is 11.6.